The van der Waals surface area contributed by atoms with Crippen molar-refractivity contribution < 1.29 is 0 Å². The highest BCUT2D eigenvalue weighted by Crippen LogP contribution is 2.07. The summed E-state index contributed by atoms with van der Waals surface area (Å²) < 4.78 is 0. The minimum atomic E-state index is -0.319. The van der Waals surface area contributed by atoms with Crippen LogP contribution in [-0.2, 0) is 0 Å². The van der Waals surface area contributed by atoms with Gasteiger partial charge in [0.25, 0.3) is 0 Å². The standard InChI is InChI=1S/C10H26N2Si/c1-7-9(3,4)11-13-12-10(5,6)8-2/h11-12H,7-8,13H2,1-6H3. The number of hydrogen-bond donors (Lipinski definition) is 2. The first-order valence-electron chi connectivity index (χ1n) is 5.33. The summed E-state index contributed by atoms with van der Waals surface area (Å²) in [6.45, 7) is 13.5. The van der Waals surface area contributed by atoms with E-state index in [-0.39, 0.29) is 9.84 Å². The van der Waals surface area contributed by atoms with Gasteiger partial charge in [-0.15, -0.1) is 0 Å². The lowest BCUT2D eigenvalue weighted by Gasteiger charge is -2.30. The Kier molecular flexibility index (Phi) is 5.18. The lowest BCUT2D eigenvalue weighted by molar-refractivity contribution is 0.422. The van der Waals surface area contributed by atoms with Gasteiger partial charge in [-0.05, 0) is 40.5 Å². The molecule has 0 spiro atoms. The summed E-state index contributed by atoms with van der Waals surface area (Å²) >= 11 is 0. The van der Waals surface area contributed by atoms with Gasteiger partial charge >= 0.3 is 0 Å². The minimum absolute atomic E-state index is 0.309. The third kappa shape index (κ3) is 6.24. The largest absolute Gasteiger partial charge is 0.325 e. The highest BCUT2D eigenvalue weighted by Gasteiger charge is 2.17. The quantitative estimate of drug-likeness (QED) is 0.639. The molecule has 0 heterocycles. The molecule has 80 valence electrons. The molecule has 0 aliphatic rings. The van der Waals surface area contributed by atoms with Crippen LogP contribution in [0.3, 0.4) is 0 Å². The molecule has 13 heavy (non-hydrogen) atoms. The summed E-state index contributed by atoms with van der Waals surface area (Å²) in [6.07, 6.45) is 2.38. The minimum Gasteiger partial charge on any atom is -0.325 e. The van der Waals surface area contributed by atoms with Gasteiger partial charge in [-0.2, -0.15) is 0 Å². The molecule has 0 aromatic heterocycles. The van der Waals surface area contributed by atoms with Crippen LogP contribution in [0, 0.1) is 0 Å². The number of nitrogens with one attached hydrogen (secondary N) is 2. The Labute approximate surface area is 85.9 Å². The summed E-state index contributed by atoms with van der Waals surface area (Å²) in [5, 5.41) is 0. The number of rotatable bonds is 6. The van der Waals surface area contributed by atoms with Gasteiger partial charge in [0.2, 0.25) is 0 Å². The first-order valence-corrected chi connectivity index (χ1v) is 6.74. The highest BCUT2D eigenvalue weighted by atomic mass is 28.2. The average Bonchev–Trinajstić information content (AvgIpc) is 2.04. The van der Waals surface area contributed by atoms with Gasteiger partial charge in [-0.1, -0.05) is 13.8 Å². The Hall–Kier alpha value is 0.137. The fraction of sp³-hybridized carbons (Fsp3) is 1.00. The van der Waals surface area contributed by atoms with Gasteiger partial charge in [0.15, 0.2) is 9.84 Å². The van der Waals surface area contributed by atoms with Gasteiger partial charge < -0.3 is 9.96 Å². The first-order chi connectivity index (χ1) is 5.83. The van der Waals surface area contributed by atoms with Crippen molar-refractivity contribution in [3.05, 3.63) is 0 Å². The van der Waals surface area contributed by atoms with E-state index in [1.807, 2.05) is 0 Å². The van der Waals surface area contributed by atoms with Gasteiger partial charge in [-0.25, -0.2) is 0 Å². The molecule has 0 aromatic carbocycles. The molecule has 0 aliphatic carbocycles. The predicted molar refractivity (Wildman–Crippen MR) is 63.6 cm³/mol. The Balaban J connectivity index is 3.68. The van der Waals surface area contributed by atoms with Crippen molar-refractivity contribution in [2.45, 2.75) is 65.5 Å². The molecule has 0 fully saturated rings. The molecule has 0 rings (SSSR count). The lowest BCUT2D eigenvalue weighted by atomic mass is 10.0. The molecule has 0 aliphatic heterocycles. The zero-order chi connectivity index (χ0) is 10.5. The topological polar surface area (TPSA) is 24.1 Å². The van der Waals surface area contributed by atoms with Crippen molar-refractivity contribution in [3.8, 4) is 0 Å². The maximum Gasteiger partial charge on any atom is 0.168 e. The van der Waals surface area contributed by atoms with Gasteiger partial charge in [0.05, 0.1) is 0 Å². The molecule has 0 aromatic rings. The van der Waals surface area contributed by atoms with Gasteiger partial charge in [0.1, 0.15) is 0 Å². The second-order valence-corrected chi connectivity index (χ2v) is 6.07. The lowest BCUT2D eigenvalue weighted by Crippen LogP contribution is -2.52. The predicted octanol–water partition coefficient (Wildman–Crippen LogP) is 1.54. The van der Waals surface area contributed by atoms with Crippen molar-refractivity contribution in [1.82, 2.24) is 9.96 Å². The van der Waals surface area contributed by atoms with Crippen molar-refractivity contribution in [2.75, 3.05) is 0 Å². The van der Waals surface area contributed by atoms with Crippen molar-refractivity contribution in [1.29, 1.82) is 0 Å². The average molecular weight is 202 g/mol. The van der Waals surface area contributed by atoms with E-state index < -0.39 is 0 Å². The highest BCUT2D eigenvalue weighted by molar-refractivity contribution is 6.29. The molecular weight excluding hydrogens is 176 g/mol. The second-order valence-electron chi connectivity index (χ2n) is 5.01. The van der Waals surface area contributed by atoms with Crippen LogP contribution in [0.4, 0.5) is 0 Å². The Bertz CT molecular complexity index is 128. The summed E-state index contributed by atoms with van der Waals surface area (Å²) in [6, 6.07) is 0. The van der Waals surface area contributed by atoms with Gasteiger partial charge in [0, 0.05) is 11.1 Å². The van der Waals surface area contributed by atoms with Crippen LogP contribution in [0.2, 0.25) is 0 Å². The van der Waals surface area contributed by atoms with Gasteiger partial charge in [-0.3, -0.25) is 0 Å². The number of hydrogen-bond acceptors (Lipinski definition) is 2. The first kappa shape index (κ1) is 13.1. The third-order valence-corrected chi connectivity index (χ3v) is 5.17. The van der Waals surface area contributed by atoms with Crippen LogP contribution in [0.1, 0.15) is 54.4 Å². The Morgan fingerprint density at radius 2 is 1.15 bits per heavy atom. The van der Waals surface area contributed by atoms with Crippen LogP contribution >= 0.6 is 0 Å². The molecule has 0 unspecified atom stereocenters. The molecule has 0 saturated heterocycles. The fourth-order valence-corrected chi connectivity index (χ4v) is 2.32. The SMILES string of the molecule is CCC(C)(C)N[SiH2]NC(C)(C)CC. The normalized spacial score (nSPS) is 13.4. The van der Waals surface area contributed by atoms with Crippen molar-refractivity contribution in [3.63, 3.8) is 0 Å². The van der Waals surface area contributed by atoms with Crippen LogP contribution in [0.25, 0.3) is 0 Å². The summed E-state index contributed by atoms with van der Waals surface area (Å²) in [4.78, 5) is 7.25. The van der Waals surface area contributed by atoms with E-state index in [2.05, 4.69) is 51.5 Å². The molecule has 0 radical (unpaired) electrons. The smallest absolute Gasteiger partial charge is 0.168 e. The monoisotopic (exact) mass is 202 g/mol. The van der Waals surface area contributed by atoms with Crippen LogP contribution < -0.4 is 9.96 Å². The maximum atomic E-state index is 3.63. The molecule has 2 nitrogen and oxygen atoms in total. The summed E-state index contributed by atoms with van der Waals surface area (Å²) in [5.74, 6) is 0. The van der Waals surface area contributed by atoms with E-state index in [0.717, 1.165) is 0 Å². The van der Waals surface area contributed by atoms with Crippen LogP contribution in [0.15, 0.2) is 0 Å². The van der Waals surface area contributed by atoms with E-state index in [0.29, 0.717) is 11.1 Å². The van der Waals surface area contributed by atoms with Crippen LogP contribution in [0.5, 0.6) is 0 Å². The Morgan fingerprint density at radius 1 is 0.846 bits per heavy atom. The van der Waals surface area contributed by atoms with E-state index in [4.69, 9.17) is 0 Å². The molecular formula is C10H26N2Si. The van der Waals surface area contributed by atoms with E-state index in [9.17, 15) is 0 Å². The molecule has 0 saturated carbocycles. The molecule has 0 atom stereocenters. The summed E-state index contributed by atoms with van der Waals surface area (Å²) in [7, 11) is -0.319. The maximum absolute atomic E-state index is 3.63. The Morgan fingerprint density at radius 3 is 1.38 bits per heavy atom. The molecule has 0 bridgehead atoms. The van der Waals surface area contributed by atoms with Crippen LogP contribution in [-0.4, -0.2) is 20.9 Å². The zero-order valence-electron chi connectivity index (χ0n) is 10.1. The van der Waals surface area contributed by atoms with E-state index in [1.54, 1.807) is 0 Å². The summed E-state index contributed by atoms with van der Waals surface area (Å²) in [5.41, 5.74) is 0.617. The second kappa shape index (κ2) is 5.13. The third-order valence-electron chi connectivity index (χ3n) is 2.90. The van der Waals surface area contributed by atoms with Crippen molar-refractivity contribution in [2.24, 2.45) is 0 Å². The molecule has 0 amide bonds. The van der Waals surface area contributed by atoms with E-state index >= 15 is 0 Å². The van der Waals surface area contributed by atoms with Crippen molar-refractivity contribution >= 4 is 9.84 Å². The molecule has 2 N–H and O–H groups in total. The molecule has 3 heteroatoms. The van der Waals surface area contributed by atoms with E-state index in [1.165, 1.54) is 12.8 Å². The zero-order valence-corrected chi connectivity index (χ0v) is 11.5. The fourth-order valence-electron chi connectivity index (χ4n) is 0.773.